The molecular formula is C26H26ClN2O3S+. The standard InChI is InChI=1S/C26H26ClN2O3S/c1-31-23-22-9-6-14-28-25(22)29(17-19-7-4-3-5-8-19)26(30)24(23)33(2)16-15-32-18-20-10-12-21(27)13-11-20/h3-14H,15-18H2,1-2H3/q+1. The van der Waals surface area contributed by atoms with Gasteiger partial charge in [0, 0.05) is 22.1 Å². The zero-order valence-corrected chi connectivity index (χ0v) is 20.2. The van der Waals surface area contributed by atoms with E-state index in [4.69, 9.17) is 21.1 Å². The Balaban J connectivity index is 1.60. The number of rotatable bonds is 9. The van der Waals surface area contributed by atoms with Gasteiger partial charge in [0.05, 0.1) is 32.3 Å². The van der Waals surface area contributed by atoms with Crippen LogP contribution in [0.2, 0.25) is 5.02 Å². The van der Waals surface area contributed by atoms with Crippen molar-refractivity contribution in [2.45, 2.75) is 18.0 Å². The lowest BCUT2D eigenvalue weighted by Gasteiger charge is -2.15. The highest BCUT2D eigenvalue weighted by molar-refractivity contribution is 7.96. The quantitative estimate of drug-likeness (QED) is 0.251. The summed E-state index contributed by atoms with van der Waals surface area (Å²) in [6.45, 7) is 1.49. The second-order valence-corrected chi connectivity index (χ2v) is 10.2. The Labute approximate surface area is 201 Å². The molecule has 0 bridgehead atoms. The molecule has 2 aromatic carbocycles. The van der Waals surface area contributed by atoms with Crippen molar-refractivity contribution in [1.82, 2.24) is 9.55 Å². The van der Waals surface area contributed by atoms with Gasteiger partial charge in [0.2, 0.25) is 0 Å². The first-order valence-corrected chi connectivity index (χ1v) is 12.8. The highest BCUT2D eigenvalue weighted by atomic mass is 35.5. The van der Waals surface area contributed by atoms with Crippen LogP contribution in [-0.2, 0) is 28.8 Å². The van der Waals surface area contributed by atoms with E-state index in [-0.39, 0.29) is 16.5 Å². The molecule has 2 aromatic heterocycles. The Kier molecular flexibility index (Phi) is 7.70. The Bertz CT molecular complexity index is 1280. The first-order chi connectivity index (χ1) is 16.1. The van der Waals surface area contributed by atoms with Gasteiger partial charge in [-0.15, -0.1) is 0 Å². The van der Waals surface area contributed by atoms with Gasteiger partial charge in [0.15, 0.2) is 5.75 Å². The van der Waals surface area contributed by atoms with Gasteiger partial charge in [-0.05, 0) is 35.4 Å². The summed E-state index contributed by atoms with van der Waals surface area (Å²) in [7, 11) is 1.24. The molecule has 0 aliphatic heterocycles. The lowest BCUT2D eigenvalue weighted by molar-refractivity contribution is 0.136. The third kappa shape index (κ3) is 5.41. The molecule has 0 amide bonds. The minimum absolute atomic E-state index is 0.0644. The maximum absolute atomic E-state index is 13.7. The molecule has 0 fully saturated rings. The molecule has 0 N–H and O–H groups in total. The minimum atomic E-state index is -0.374. The first kappa shape index (κ1) is 23.4. The predicted molar refractivity (Wildman–Crippen MR) is 136 cm³/mol. The predicted octanol–water partition coefficient (Wildman–Crippen LogP) is 4.93. The molecule has 0 aliphatic carbocycles. The lowest BCUT2D eigenvalue weighted by atomic mass is 10.2. The van der Waals surface area contributed by atoms with Gasteiger partial charge < -0.3 is 9.47 Å². The van der Waals surface area contributed by atoms with Gasteiger partial charge in [0.25, 0.3) is 4.90 Å². The number of halogens is 1. The van der Waals surface area contributed by atoms with Gasteiger partial charge in [0.1, 0.15) is 17.7 Å². The average Bonchev–Trinajstić information content (AvgIpc) is 2.84. The van der Waals surface area contributed by atoms with Crippen molar-refractivity contribution >= 4 is 33.5 Å². The van der Waals surface area contributed by atoms with Crippen LogP contribution >= 0.6 is 11.6 Å². The van der Waals surface area contributed by atoms with E-state index in [9.17, 15) is 4.79 Å². The second-order valence-electron chi connectivity index (χ2n) is 7.63. The van der Waals surface area contributed by atoms with Crippen LogP contribution in [0.3, 0.4) is 0 Å². The summed E-state index contributed by atoms with van der Waals surface area (Å²) >= 11 is 5.94. The summed E-state index contributed by atoms with van der Waals surface area (Å²) in [5, 5.41) is 1.55. The Morgan fingerprint density at radius 1 is 1.00 bits per heavy atom. The highest BCUT2D eigenvalue weighted by Gasteiger charge is 2.30. The monoisotopic (exact) mass is 481 g/mol. The first-order valence-electron chi connectivity index (χ1n) is 10.6. The van der Waals surface area contributed by atoms with Crippen LogP contribution in [-0.4, -0.2) is 35.3 Å². The molecule has 0 spiro atoms. The fourth-order valence-electron chi connectivity index (χ4n) is 3.71. The summed E-state index contributed by atoms with van der Waals surface area (Å²) in [5.41, 5.74) is 2.67. The fourth-order valence-corrected chi connectivity index (χ4v) is 5.32. The largest absolute Gasteiger partial charge is 0.491 e. The van der Waals surface area contributed by atoms with Crippen molar-refractivity contribution in [2.24, 2.45) is 0 Å². The summed E-state index contributed by atoms with van der Waals surface area (Å²) in [4.78, 5) is 18.9. The molecule has 4 rings (SSSR count). The van der Waals surface area contributed by atoms with E-state index in [1.54, 1.807) is 17.9 Å². The summed E-state index contributed by atoms with van der Waals surface area (Å²) in [5.74, 6) is 1.33. The Morgan fingerprint density at radius 3 is 2.48 bits per heavy atom. The zero-order valence-electron chi connectivity index (χ0n) is 18.7. The van der Waals surface area contributed by atoms with E-state index in [2.05, 4.69) is 11.2 Å². The number of benzene rings is 2. The average molecular weight is 482 g/mol. The zero-order chi connectivity index (χ0) is 23.2. The van der Waals surface area contributed by atoms with Crippen molar-refractivity contribution < 1.29 is 9.47 Å². The molecule has 7 heteroatoms. The number of methoxy groups -OCH3 is 1. The van der Waals surface area contributed by atoms with Crippen molar-refractivity contribution in [2.75, 3.05) is 25.7 Å². The normalized spacial score (nSPS) is 12.1. The number of aromatic nitrogens is 2. The molecule has 5 nitrogen and oxygen atoms in total. The summed E-state index contributed by atoms with van der Waals surface area (Å²) < 4.78 is 13.4. The number of pyridine rings is 2. The number of fused-ring (bicyclic) bond motifs is 1. The number of nitrogens with zero attached hydrogens (tertiary/aromatic N) is 2. The highest BCUT2D eigenvalue weighted by Crippen LogP contribution is 2.30. The van der Waals surface area contributed by atoms with Gasteiger partial charge >= 0.3 is 5.56 Å². The molecule has 0 saturated heterocycles. The van der Waals surface area contributed by atoms with E-state index in [1.807, 2.05) is 66.7 Å². The van der Waals surface area contributed by atoms with E-state index in [0.29, 0.717) is 41.1 Å². The minimum Gasteiger partial charge on any atom is -0.491 e. The van der Waals surface area contributed by atoms with Crippen molar-refractivity contribution in [3.05, 3.63) is 99.4 Å². The molecule has 1 unspecified atom stereocenters. The summed E-state index contributed by atoms with van der Waals surface area (Å²) in [6.07, 6.45) is 3.78. The van der Waals surface area contributed by atoms with E-state index >= 15 is 0 Å². The second kappa shape index (κ2) is 10.9. The third-order valence-electron chi connectivity index (χ3n) is 5.38. The van der Waals surface area contributed by atoms with Crippen LogP contribution in [0.25, 0.3) is 11.0 Å². The molecule has 4 aromatic rings. The van der Waals surface area contributed by atoms with Crippen molar-refractivity contribution in [1.29, 1.82) is 0 Å². The number of ether oxygens (including phenoxy) is 2. The molecule has 0 saturated carbocycles. The van der Waals surface area contributed by atoms with Crippen LogP contribution in [0.4, 0.5) is 0 Å². The van der Waals surface area contributed by atoms with Gasteiger partial charge in [-0.1, -0.05) is 54.1 Å². The molecule has 33 heavy (non-hydrogen) atoms. The van der Waals surface area contributed by atoms with Crippen LogP contribution in [0.15, 0.2) is 82.6 Å². The smallest absolute Gasteiger partial charge is 0.311 e. The van der Waals surface area contributed by atoms with Crippen LogP contribution in [0.1, 0.15) is 11.1 Å². The van der Waals surface area contributed by atoms with Crippen LogP contribution in [0, 0.1) is 0 Å². The maximum Gasteiger partial charge on any atom is 0.311 e. The maximum atomic E-state index is 13.7. The van der Waals surface area contributed by atoms with E-state index in [1.165, 1.54) is 0 Å². The SMILES string of the molecule is COc1c([S+](C)CCOCc2ccc(Cl)cc2)c(=O)n(Cc2ccccc2)c2ncccc12. The summed E-state index contributed by atoms with van der Waals surface area (Å²) in [6, 6.07) is 21.4. The van der Waals surface area contributed by atoms with E-state index < -0.39 is 0 Å². The van der Waals surface area contributed by atoms with Crippen molar-refractivity contribution in [3.63, 3.8) is 0 Å². The fraction of sp³-hybridized carbons (Fsp3) is 0.231. The number of hydrogen-bond donors (Lipinski definition) is 0. The number of hydrogen-bond acceptors (Lipinski definition) is 4. The van der Waals surface area contributed by atoms with Crippen LogP contribution < -0.4 is 10.3 Å². The molecule has 170 valence electrons. The topological polar surface area (TPSA) is 53.4 Å². The van der Waals surface area contributed by atoms with Gasteiger partial charge in [-0.3, -0.25) is 9.36 Å². The molecule has 0 aliphatic rings. The lowest BCUT2D eigenvalue weighted by Crippen LogP contribution is -2.29. The molecule has 0 radical (unpaired) electrons. The third-order valence-corrected chi connectivity index (χ3v) is 7.47. The van der Waals surface area contributed by atoms with Gasteiger partial charge in [-0.2, -0.15) is 0 Å². The van der Waals surface area contributed by atoms with Crippen LogP contribution in [0.5, 0.6) is 5.75 Å². The Hall–Kier alpha value is -2.80. The molecule has 2 heterocycles. The Morgan fingerprint density at radius 2 is 1.76 bits per heavy atom. The molecule has 1 atom stereocenters. The van der Waals surface area contributed by atoms with Crippen molar-refractivity contribution in [3.8, 4) is 5.75 Å². The van der Waals surface area contributed by atoms with Gasteiger partial charge in [-0.25, -0.2) is 4.98 Å². The molecular weight excluding hydrogens is 456 g/mol. The van der Waals surface area contributed by atoms with E-state index in [0.717, 1.165) is 22.3 Å².